The molecule has 1 rings (SSSR count). The molecule has 0 heterocycles. The van der Waals surface area contributed by atoms with Gasteiger partial charge < -0.3 is 10.1 Å². The number of carbonyl (C=O) groups excluding carboxylic acids is 2. The Balaban J connectivity index is 2.52. The van der Waals surface area contributed by atoms with E-state index in [1.54, 1.807) is 25.3 Å². The quantitative estimate of drug-likeness (QED) is 0.754. The average molecular weight is 235 g/mol. The normalized spacial score (nSPS) is 11.9. The van der Waals surface area contributed by atoms with Crippen molar-refractivity contribution >= 4 is 12.2 Å². The van der Waals surface area contributed by atoms with Crippen LogP contribution in [-0.4, -0.2) is 32.0 Å². The number of hydrogen-bond acceptors (Lipinski definition) is 3. The number of hydrogen-bond donors (Lipinski definition) is 1. The molecule has 1 N–H and O–H groups in total. The summed E-state index contributed by atoms with van der Waals surface area (Å²) in [7, 11) is 1.59. The molecule has 4 nitrogen and oxygen atoms in total. The van der Waals surface area contributed by atoms with E-state index in [0.29, 0.717) is 12.2 Å². The first-order valence-corrected chi connectivity index (χ1v) is 5.48. The van der Waals surface area contributed by atoms with E-state index in [2.05, 4.69) is 5.32 Å². The second-order valence-electron chi connectivity index (χ2n) is 3.96. The van der Waals surface area contributed by atoms with Gasteiger partial charge >= 0.3 is 0 Å². The van der Waals surface area contributed by atoms with E-state index < -0.39 is 0 Å². The molecular weight excluding hydrogens is 218 g/mol. The number of methoxy groups -OCH3 is 1. The Hall–Kier alpha value is -1.68. The second-order valence-corrected chi connectivity index (χ2v) is 3.96. The first-order chi connectivity index (χ1) is 8.15. The molecule has 1 unspecified atom stereocenters. The summed E-state index contributed by atoms with van der Waals surface area (Å²) in [6.45, 7) is 2.36. The molecule has 1 aromatic rings. The number of rotatable bonds is 6. The van der Waals surface area contributed by atoms with Gasteiger partial charge in [0.05, 0.1) is 13.0 Å². The number of carbonyl (C=O) groups is 2. The van der Waals surface area contributed by atoms with Gasteiger partial charge in [-0.15, -0.1) is 0 Å². The maximum atomic E-state index is 11.6. The first-order valence-electron chi connectivity index (χ1n) is 5.48. The second kappa shape index (κ2) is 6.81. The van der Waals surface area contributed by atoms with E-state index >= 15 is 0 Å². The van der Waals surface area contributed by atoms with E-state index in [4.69, 9.17) is 4.74 Å². The fourth-order valence-electron chi connectivity index (χ4n) is 1.58. The summed E-state index contributed by atoms with van der Waals surface area (Å²) < 4.78 is 4.93. The zero-order valence-electron chi connectivity index (χ0n) is 10.1. The monoisotopic (exact) mass is 235 g/mol. The predicted octanol–water partition coefficient (Wildman–Crippen LogP) is 1.19. The molecule has 0 spiro atoms. The molecule has 1 amide bonds. The Labute approximate surface area is 101 Å². The molecule has 0 aliphatic rings. The molecule has 0 radical (unpaired) electrons. The minimum Gasteiger partial charge on any atom is -0.383 e. The van der Waals surface area contributed by atoms with Crippen LogP contribution in [0.3, 0.4) is 0 Å². The Morgan fingerprint density at radius 2 is 2.29 bits per heavy atom. The lowest BCUT2D eigenvalue weighted by atomic mass is 10.1. The maximum Gasteiger partial charge on any atom is 0.224 e. The molecule has 1 atom stereocenters. The SMILES string of the molecule is COCC(C)NC(=O)Cc1cccc(C=O)c1. The van der Waals surface area contributed by atoms with Gasteiger partial charge in [-0.2, -0.15) is 0 Å². The smallest absolute Gasteiger partial charge is 0.224 e. The molecule has 0 aromatic heterocycles. The number of amides is 1. The fraction of sp³-hybridized carbons (Fsp3) is 0.385. The predicted molar refractivity (Wildman–Crippen MR) is 65.0 cm³/mol. The van der Waals surface area contributed by atoms with Crippen LogP contribution in [0.5, 0.6) is 0 Å². The van der Waals surface area contributed by atoms with Gasteiger partial charge in [-0.05, 0) is 18.6 Å². The van der Waals surface area contributed by atoms with Gasteiger partial charge in [0.1, 0.15) is 6.29 Å². The fourth-order valence-corrected chi connectivity index (χ4v) is 1.58. The van der Waals surface area contributed by atoms with Gasteiger partial charge in [0.25, 0.3) is 0 Å². The zero-order chi connectivity index (χ0) is 12.7. The van der Waals surface area contributed by atoms with Crippen LogP contribution >= 0.6 is 0 Å². The summed E-state index contributed by atoms with van der Waals surface area (Å²) in [5.41, 5.74) is 1.41. The lowest BCUT2D eigenvalue weighted by molar-refractivity contribution is -0.121. The van der Waals surface area contributed by atoms with Crippen molar-refractivity contribution in [2.24, 2.45) is 0 Å². The van der Waals surface area contributed by atoms with Crippen LogP contribution in [-0.2, 0) is 16.0 Å². The van der Waals surface area contributed by atoms with E-state index in [1.807, 2.05) is 13.0 Å². The summed E-state index contributed by atoms with van der Waals surface area (Å²) in [4.78, 5) is 22.2. The Morgan fingerprint density at radius 1 is 1.53 bits per heavy atom. The van der Waals surface area contributed by atoms with Crippen molar-refractivity contribution in [2.45, 2.75) is 19.4 Å². The Kier molecular flexibility index (Phi) is 5.36. The minimum atomic E-state index is -0.0717. The largest absolute Gasteiger partial charge is 0.383 e. The van der Waals surface area contributed by atoms with E-state index in [-0.39, 0.29) is 18.4 Å². The molecule has 0 fully saturated rings. The number of benzene rings is 1. The average Bonchev–Trinajstić information content (AvgIpc) is 2.29. The third kappa shape index (κ3) is 4.78. The number of aldehydes is 1. The van der Waals surface area contributed by atoms with E-state index in [0.717, 1.165) is 11.8 Å². The Bertz CT molecular complexity index is 390. The van der Waals surface area contributed by atoms with Crippen LogP contribution in [0.25, 0.3) is 0 Å². The molecule has 0 aliphatic heterocycles. The number of nitrogens with one attached hydrogen (secondary N) is 1. The van der Waals surface area contributed by atoms with Crippen LogP contribution in [0.1, 0.15) is 22.8 Å². The van der Waals surface area contributed by atoms with Crippen molar-refractivity contribution in [3.8, 4) is 0 Å². The summed E-state index contributed by atoms with van der Waals surface area (Å²) in [5.74, 6) is -0.0717. The van der Waals surface area contributed by atoms with Crippen molar-refractivity contribution in [3.05, 3.63) is 35.4 Å². The molecule has 0 aliphatic carbocycles. The van der Waals surface area contributed by atoms with Crippen molar-refractivity contribution < 1.29 is 14.3 Å². The van der Waals surface area contributed by atoms with Crippen molar-refractivity contribution in [1.82, 2.24) is 5.32 Å². The van der Waals surface area contributed by atoms with Gasteiger partial charge in [-0.1, -0.05) is 18.2 Å². The highest BCUT2D eigenvalue weighted by molar-refractivity contribution is 5.80. The van der Waals surface area contributed by atoms with Crippen LogP contribution in [0.2, 0.25) is 0 Å². The molecule has 0 saturated heterocycles. The van der Waals surface area contributed by atoms with Crippen molar-refractivity contribution in [3.63, 3.8) is 0 Å². The lowest BCUT2D eigenvalue weighted by Crippen LogP contribution is -2.36. The van der Waals surface area contributed by atoms with Crippen LogP contribution < -0.4 is 5.32 Å². The van der Waals surface area contributed by atoms with Crippen LogP contribution in [0.4, 0.5) is 0 Å². The third-order valence-electron chi connectivity index (χ3n) is 2.28. The highest BCUT2D eigenvalue weighted by Gasteiger charge is 2.07. The van der Waals surface area contributed by atoms with Crippen LogP contribution in [0.15, 0.2) is 24.3 Å². The van der Waals surface area contributed by atoms with Gasteiger partial charge in [0, 0.05) is 18.7 Å². The summed E-state index contributed by atoms with van der Waals surface area (Å²) in [5, 5.41) is 2.81. The van der Waals surface area contributed by atoms with Gasteiger partial charge in [0.15, 0.2) is 0 Å². The lowest BCUT2D eigenvalue weighted by Gasteiger charge is -2.12. The molecule has 1 aromatic carbocycles. The van der Waals surface area contributed by atoms with Gasteiger partial charge in [0.2, 0.25) is 5.91 Å². The summed E-state index contributed by atoms with van der Waals surface area (Å²) in [6, 6.07) is 7.01. The topological polar surface area (TPSA) is 55.4 Å². The molecular formula is C13H17NO3. The molecule has 17 heavy (non-hydrogen) atoms. The highest BCUT2D eigenvalue weighted by Crippen LogP contribution is 2.04. The molecule has 92 valence electrons. The van der Waals surface area contributed by atoms with Gasteiger partial charge in [-0.3, -0.25) is 9.59 Å². The zero-order valence-corrected chi connectivity index (χ0v) is 10.1. The van der Waals surface area contributed by atoms with Crippen LogP contribution in [0, 0.1) is 0 Å². The summed E-state index contributed by atoms with van der Waals surface area (Å²) >= 11 is 0. The molecule has 4 heteroatoms. The van der Waals surface area contributed by atoms with Crippen molar-refractivity contribution in [2.75, 3.05) is 13.7 Å². The third-order valence-corrected chi connectivity index (χ3v) is 2.28. The highest BCUT2D eigenvalue weighted by atomic mass is 16.5. The summed E-state index contributed by atoms with van der Waals surface area (Å²) in [6.07, 6.45) is 1.05. The Morgan fingerprint density at radius 3 is 2.94 bits per heavy atom. The first kappa shape index (κ1) is 13.4. The van der Waals surface area contributed by atoms with E-state index in [1.165, 1.54) is 0 Å². The standard InChI is InChI=1S/C13H17NO3/c1-10(9-17-2)14-13(16)7-11-4-3-5-12(6-11)8-15/h3-6,8,10H,7,9H2,1-2H3,(H,14,16). The molecule has 0 saturated carbocycles. The maximum absolute atomic E-state index is 11.6. The van der Waals surface area contributed by atoms with Crippen molar-refractivity contribution in [1.29, 1.82) is 0 Å². The molecule has 0 bridgehead atoms. The van der Waals surface area contributed by atoms with E-state index in [9.17, 15) is 9.59 Å². The minimum absolute atomic E-state index is 0.0123. The number of ether oxygens (including phenoxy) is 1. The van der Waals surface area contributed by atoms with Gasteiger partial charge in [-0.25, -0.2) is 0 Å².